The highest BCUT2D eigenvalue weighted by Gasteiger charge is 2.36. The molecule has 1 aliphatic heterocycles. The van der Waals surface area contributed by atoms with E-state index < -0.39 is 21.8 Å². The van der Waals surface area contributed by atoms with Gasteiger partial charge in [0.15, 0.2) is 4.21 Å². The lowest BCUT2D eigenvalue weighted by molar-refractivity contribution is -0.135. The van der Waals surface area contributed by atoms with E-state index >= 15 is 0 Å². The van der Waals surface area contributed by atoms with Gasteiger partial charge in [0.2, 0.25) is 5.91 Å². The smallest absolute Gasteiger partial charge is 0.275 e. The van der Waals surface area contributed by atoms with Gasteiger partial charge in [-0.05, 0) is 30.2 Å². The van der Waals surface area contributed by atoms with Crippen molar-refractivity contribution in [2.45, 2.75) is 37.0 Å². The number of carbonyl (C=O) groups is 1. The molecule has 1 aromatic rings. The number of rotatable bonds is 4. The van der Waals surface area contributed by atoms with Crippen molar-refractivity contribution in [1.29, 1.82) is 0 Å². The van der Waals surface area contributed by atoms with Gasteiger partial charge in [0.25, 0.3) is 10.0 Å². The fourth-order valence-corrected chi connectivity index (χ4v) is 5.18. The summed E-state index contributed by atoms with van der Waals surface area (Å²) in [5, 5.41) is 1.70. The van der Waals surface area contributed by atoms with Crippen LogP contribution in [-0.4, -0.2) is 27.0 Å². The summed E-state index contributed by atoms with van der Waals surface area (Å²) >= 11 is 6.81. The Kier molecular flexibility index (Phi) is 5.29. The zero-order valence-electron chi connectivity index (χ0n) is 11.8. The number of ether oxygens (including phenoxy) is 1. The predicted octanol–water partition coefficient (Wildman–Crippen LogP) is 2.66. The molecule has 0 saturated carbocycles. The van der Waals surface area contributed by atoms with E-state index in [0.717, 1.165) is 17.8 Å². The number of nitrogens with one attached hydrogen (secondary N) is 1. The number of hydrogen-bond acceptors (Lipinski definition) is 5. The second-order valence-corrected chi connectivity index (χ2v) is 8.55. The molecular weight excluding hydrogens is 334 g/mol. The van der Waals surface area contributed by atoms with E-state index in [1.165, 1.54) is 6.07 Å². The quantitative estimate of drug-likeness (QED) is 0.905. The molecule has 0 bridgehead atoms. The largest absolute Gasteiger partial charge is 0.377 e. The number of carbonyl (C=O) groups excluding carboxylic acids is 1. The van der Waals surface area contributed by atoms with Gasteiger partial charge in [-0.3, -0.25) is 4.79 Å². The van der Waals surface area contributed by atoms with Crippen molar-refractivity contribution in [2.24, 2.45) is 11.8 Å². The van der Waals surface area contributed by atoms with Crippen LogP contribution in [0.3, 0.4) is 0 Å². The molecular formula is C13H18ClNO4S2. The lowest BCUT2D eigenvalue weighted by Crippen LogP contribution is -2.45. The molecule has 2 heterocycles. The number of thiophene rings is 1. The average Bonchev–Trinajstić information content (AvgIpc) is 2.85. The number of halogens is 1. The lowest BCUT2D eigenvalue weighted by atomic mass is 9.87. The van der Waals surface area contributed by atoms with Crippen LogP contribution < -0.4 is 4.72 Å². The molecule has 1 aromatic heterocycles. The minimum Gasteiger partial charge on any atom is -0.377 e. The van der Waals surface area contributed by atoms with Gasteiger partial charge < -0.3 is 4.74 Å². The highest BCUT2D eigenvalue weighted by Crippen LogP contribution is 2.29. The SMILES string of the molecule is CC(C)[C@@H]1OCCC[C@@H]1C(=O)NS(=O)(=O)c1sccc1Cl. The van der Waals surface area contributed by atoms with E-state index in [-0.39, 0.29) is 21.3 Å². The maximum Gasteiger partial charge on any atom is 0.275 e. The third-order valence-corrected chi connectivity index (χ3v) is 6.79. The molecule has 1 fully saturated rings. The topological polar surface area (TPSA) is 72.5 Å². The van der Waals surface area contributed by atoms with Gasteiger partial charge in [-0.1, -0.05) is 25.4 Å². The van der Waals surface area contributed by atoms with Crippen molar-refractivity contribution in [3.8, 4) is 0 Å². The summed E-state index contributed by atoms with van der Waals surface area (Å²) in [5.41, 5.74) is 0. The summed E-state index contributed by atoms with van der Waals surface area (Å²) in [6.07, 6.45) is 1.12. The van der Waals surface area contributed by atoms with Gasteiger partial charge >= 0.3 is 0 Å². The fraction of sp³-hybridized carbons (Fsp3) is 0.615. The van der Waals surface area contributed by atoms with Crippen LogP contribution in [0.5, 0.6) is 0 Å². The van der Waals surface area contributed by atoms with Crippen molar-refractivity contribution in [3.63, 3.8) is 0 Å². The van der Waals surface area contributed by atoms with Gasteiger partial charge in [0.1, 0.15) is 0 Å². The Morgan fingerprint density at radius 3 is 2.81 bits per heavy atom. The monoisotopic (exact) mass is 351 g/mol. The predicted molar refractivity (Wildman–Crippen MR) is 82.0 cm³/mol. The first-order valence-corrected chi connectivity index (χ1v) is 9.48. The normalized spacial score (nSPS) is 23.2. The van der Waals surface area contributed by atoms with Gasteiger partial charge in [-0.25, -0.2) is 13.1 Å². The Hall–Kier alpha value is -0.630. The highest BCUT2D eigenvalue weighted by molar-refractivity contribution is 7.92. The molecule has 8 heteroatoms. The molecule has 2 rings (SSSR count). The molecule has 1 amide bonds. The Balaban J connectivity index is 2.15. The number of hydrogen-bond donors (Lipinski definition) is 1. The van der Waals surface area contributed by atoms with Crippen LogP contribution in [0.15, 0.2) is 15.7 Å². The fourth-order valence-electron chi connectivity index (χ4n) is 2.47. The maximum atomic E-state index is 12.3. The summed E-state index contributed by atoms with van der Waals surface area (Å²) in [6, 6.07) is 1.49. The molecule has 118 valence electrons. The van der Waals surface area contributed by atoms with Gasteiger partial charge in [-0.15, -0.1) is 11.3 Å². The summed E-state index contributed by atoms with van der Waals surface area (Å²) in [6.45, 7) is 4.53. The molecule has 1 aliphatic rings. The van der Waals surface area contributed by atoms with E-state index in [1.807, 2.05) is 13.8 Å². The van der Waals surface area contributed by atoms with Crippen LogP contribution in [0.25, 0.3) is 0 Å². The van der Waals surface area contributed by atoms with Gasteiger partial charge in [0, 0.05) is 6.61 Å². The van der Waals surface area contributed by atoms with Gasteiger partial charge in [-0.2, -0.15) is 0 Å². The van der Waals surface area contributed by atoms with Crippen molar-refractivity contribution < 1.29 is 17.9 Å². The van der Waals surface area contributed by atoms with E-state index in [1.54, 1.807) is 5.38 Å². The van der Waals surface area contributed by atoms with Crippen LogP contribution >= 0.6 is 22.9 Å². The van der Waals surface area contributed by atoms with Crippen LogP contribution in [0.1, 0.15) is 26.7 Å². The van der Waals surface area contributed by atoms with E-state index in [4.69, 9.17) is 16.3 Å². The third-order valence-electron chi connectivity index (χ3n) is 3.42. The molecule has 0 unspecified atom stereocenters. The first-order valence-electron chi connectivity index (χ1n) is 6.74. The first kappa shape index (κ1) is 16.7. The van der Waals surface area contributed by atoms with Crippen LogP contribution in [0, 0.1) is 11.8 Å². The summed E-state index contributed by atoms with van der Waals surface area (Å²) in [4.78, 5) is 12.3. The standard InChI is InChI=1S/C13H18ClNO4S2/c1-8(2)11-9(4-3-6-19-11)12(16)15-21(17,18)13-10(14)5-7-20-13/h5,7-9,11H,3-4,6H2,1-2H3,(H,15,16)/t9-,11-/m0/s1. The van der Waals surface area contributed by atoms with E-state index in [9.17, 15) is 13.2 Å². The van der Waals surface area contributed by atoms with Crippen molar-refractivity contribution >= 4 is 38.9 Å². The lowest BCUT2D eigenvalue weighted by Gasteiger charge is -2.33. The second kappa shape index (κ2) is 6.64. The first-order chi connectivity index (χ1) is 9.83. The van der Waals surface area contributed by atoms with Crippen molar-refractivity contribution in [3.05, 3.63) is 16.5 Å². The van der Waals surface area contributed by atoms with E-state index in [0.29, 0.717) is 13.0 Å². The maximum absolute atomic E-state index is 12.3. The zero-order valence-corrected chi connectivity index (χ0v) is 14.2. The van der Waals surface area contributed by atoms with Crippen molar-refractivity contribution in [1.82, 2.24) is 4.72 Å². The van der Waals surface area contributed by atoms with Crippen LogP contribution in [0.4, 0.5) is 0 Å². The Labute approximate surface area is 133 Å². The molecule has 2 atom stereocenters. The summed E-state index contributed by atoms with van der Waals surface area (Å²) < 4.78 is 32.1. The highest BCUT2D eigenvalue weighted by atomic mass is 35.5. The minimum absolute atomic E-state index is 0.0321. The average molecular weight is 352 g/mol. The Morgan fingerprint density at radius 2 is 2.24 bits per heavy atom. The Morgan fingerprint density at radius 1 is 1.52 bits per heavy atom. The molecule has 0 spiro atoms. The zero-order chi connectivity index (χ0) is 15.6. The minimum atomic E-state index is -3.91. The molecule has 0 radical (unpaired) electrons. The van der Waals surface area contributed by atoms with Crippen molar-refractivity contribution in [2.75, 3.05) is 6.61 Å². The molecule has 0 aliphatic carbocycles. The molecule has 1 saturated heterocycles. The number of sulfonamides is 1. The summed E-state index contributed by atoms with van der Waals surface area (Å²) in [7, 11) is -3.91. The van der Waals surface area contributed by atoms with Crippen LogP contribution in [-0.2, 0) is 19.6 Å². The second-order valence-electron chi connectivity index (χ2n) is 5.35. The molecule has 21 heavy (non-hydrogen) atoms. The molecule has 0 aromatic carbocycles. The van der Waals surface area contributed by atoms with Crippen LogP contribution in [0.2, 0.25) is 5.02 Å². The molecule has 5 nitrogen and oxygen atoms in total. The number of amides is 1. The van der Waals surface area contributed by atoms with Gasteiger partial charge in [0.05, 0.1) is 17.0 Å². The molecule has 1 N–H and O–H groups in total. The van der Waals surface area contributed by atoms with E-state index in [2.05, 4.69) is 4.72 Å². The Bertz CT molecular complexity index is 611. The summed E-state index contributed by atoms with van der Waals surface area (Å²) in [5.74, 6) is -0.820. The third kappa shape index (κ3) is 3.77.